The van der Waals surface area contributed by atoms with E-state index < -0.39 is 11.9 Å². The molecule has 1 rings (SSSR count). The quantitative estimate of drug-likeness (QED) is 0.509. The smallest absolute Gasteiger partial charge is 0.316 e. The van der Waals surface area contributed by atoms with Crippen molar-refractivity contribution in [3.05, 3.63) is 0 Å². The van der Waals surface area contributed by atoms with Gasteiger partial charge in [-0.1, -0.05) is 6.42 Å². The highest BCUT2D eigenvalue weighted by molar-refractivity contribution is 6.01. The molecule has 0 spiro atoms. The molecule has 4 nitrogen and oxygen atoms in total. The third kappa shape index (κ3) is 3.15. The van der Waals surface area contributed by atoms with Crippen LogP contribution in [0.3, 0.4) is 0 Å². The highest BCUT2D eigenvalue weighted by Crippen LogP contribution is 2.29. The van der Waals surface area contributed by atoms with Crippen molar-refractivity contribution in [2.24, 2.45) is 11.8 Å². The molecule has 1 atom stereocenters. The largest absolute Gasteiger partial charge is 0.465 e. The molecule has 0 bridgehead atoms. The molecule has 16 heavy (non-hydrogen) atoms. The fourth-order valence-corrected chi connectivity index (χ4v) is 1.73. The summed E-state index contributed by atoms with van der Waals surface area (Å²) in [5.74, 6) is -1.65. The second-order valence-electron chi connectivity index (χ2n) is 4.21. The van der Waals surface area contributed by atoms with Gasteiger partial charge in [0.05, 0.1) is 6.61 Å². The first-order valence-corrected chi connectivity index (χ1v) is 5.76. The van der Waals surface area contributed by atoms with Crippen molar-refractivity contribution in [2.45, 2.75) is 39.5 Å². The lowest BCUT2D eigenvalue weighted by molar-refractivity contribution is -0.153. The fourth-order valence-electron chi connectivity index (χ4n) is 1.73. The van der Waals surface area contributed by atoms with Crippen LogP contribution in [0, 0.1) is 11.8 Å². The first-order valence-electron chi connectivity index (χ1n) is 5.76. The molecule has 90 valence electrons. The Morgan fingerprint density at radius 1 is 1.31 bits per heavy atom. The summed E-state index contributed by atoms with van der Waals surface area (Å²) >= 11 is 0. The molecule has 0 amide bonds. The van der Waals surface area contributed by atoms with E-state index in [1.807, 2.05) is 0 Å². The second kappa shape index (κ2) is 5.77. The van der Waals surface area contributed by atoms with Gasteiger partial charge >= 0.3 is 5.97 Å². The molecule has 1 aliphatic carbocycles. The van der Waals surface area contributed by atoms with Gasteiger partial charge in [-0.2, -0.15) is 0 Å². The maximum atomic E-state index is 11.7. The summed E-state index contributed by atoms with van der Waals surface area (Å²) < 4.78 is 4.79. The van der Waals surface area contributed by atoms with E-state index in [9.17, 15) is 14.4 Å². The number of carbonyl (C=O) groups excluding carboxylic acids is 3. The normalized spacial score (nSPS) is 17.4. The summed E-state index contributed by atoms with van der Waals surface area (Å²) in [6, 6.07) is 0. The summed E-state index contributed by atoms with van der Waals surface area (Å²) in [7, 11) is 0. The number of esters is 1. The van der Waals surface area contributed by atoms with E-state index in [1.165, 1.54) is 6.92 Å². The Labute approximate surface area is 95.3 Å². The number of hydrogen-bond donors (Lipinski definition) is 0. The Hall–Kier alpha value is -1.19. The van der Waals surface area contributed by atoms with Crippen molar-refractivity contribution in [3.8, 4) is 0 Å². The molecule has 0 aromatic rings. The Morgan fingerprint density at radius 3 is 2.31 bits per heavy atom. The minimum absolute atomic E-state index is 0.0127. The van der Waals surface area contributed by atoms with Gasteiger partial charge in [0.1, 0.15) is 17.5 Å². The third-order valence-electron chi connectivity index (χ3n) is 3.03. The van der Waals surface area contributed by atoms with Crippen molar-refractivity contribution >= 4 is 17.5 Å². The van der Waals surface area contributed by atoms with Crippen molar-refractivity contribution < 1.29 is 19.1 Å². The van der Waals surface area contributed by atoms with E-state index >= 15 is 0 Å². The van der Waals surface area contributed by atoms with Crippen LogP contribution in [0.15, 0.2) is 0 Å². The van der Waals surface area contributed by atoms with Gasteiger partial charge in [0, 0.05) is 12.3 Å². The van der Waals surface area contributed by atoms with Gasteiger partial charge in [-0.15, -0.1) is 0 Å². The van der Waals surface area contributed by atoms with Crippen LogP contribution in [-0.2, 0) is 19.1 Å². The maximum Gasteiger partial charge on any atom is 0.316 e. The van der Waals surface area contributed by atoms with Gasteiger partial charge in [-0.3, -0.25) is 14.4 Å². The van der Waals surface area contributed by atoms with Crippen LogP contribution in [0.1, 0.15) is 39.5 Å². The molecular formula is C12H18O4. The first-order chi connectivity index (χ1) is 7.56. The average molecular weight is 226 g/mol. The van der Waals surface area contributed by atoms with Crippen molar-refractivity contribution in [3.63, 3.8) is 0 Å². The summed E-state index contributed by atoms with van der Waals surface area (Å²) in [5, 5.41) is 0. The predicted molar refractivity (Wildman–Crippen MR) is 57.8 cm³/mol. The first kappa shape index (κ1) is 12.9. The molecule has 0 radical (unpaired) electrons. The highest BCUT2D eigenvalue weighted by Gasteiger charge is 2.32. The summed E-state index contributed by atoms with van der Waals surface area (Å²) in [6.45, 7) is 3.25. The third-order valence-corrected chi connectivity index (χ3v) is 3.03. The van der Waals surface area contributed by atoms with E-state index in [0.29, 0.717) is 0 Å². The lowest BCUT2D eigenvalue weighted by atomic mass is 9.79. The topological polar surface area (TPSA) is 60.4 Å². The summed E-state index contributed by atoms with van der Waals surface area (Å²) in [6.07, 6.45) is 2.87. The second-order valence-corrected chi connectivity index (χ2v) is 4.21. The molecule has 1 fully saturated rings. The zero-order chi connectivity index (χ0) is 12.1. The lowest BCUT2D eigenvalue weighted by Crippen LogP contribution is -2.31. The molecule has 0 aromatic carbocycles. The number of hydrogen-bond acceptors (Lipinski definition) is 4. The van der Waals surface area contributed by atoms with Gasteiger partial charge < -0.3 is 4.74 Å². The van der Waals surface area contributed by atoms with Gasteiger partial charge in [0.15, 0.2) is 0 Å². The van der Waals surface area contributed by atoms with Crippen molar-refractivity contribution in [1.82, 2.24) is 0 Å². The molecule has 0 aromatic heterocycles. The Morgan fingerprint density at radius 2 is 1.94 bits per heavy atom. The Kier molecular flexibility index (Phi) is 4.65. The fraction of sp³-hybridized carbons (Fsp3) is 0.750. The summed E-state index contributed by atoms with van der Waals surface area (Å²) in [4.78, 5) is 34.4. The van der Waals surface area contributed by atoms with Gasteiger partial charge in [0.25, 0.3) is 0 Å². The zero-order valence-electron chi connectivity index (χ0n) is 9.82. The Bertz CT molecular complexity index is 291. The van der Waals surface area contributed by atoms with Crippen LogP contribution in [0.2, 0.25) is 0 Å². The Balaban J connectivity index is 2.53. The number of carbonyl (C=O) groups is 3. The van der Waals surface area contributed by atoms with Crippen molar-refractivity contribution in [2.75, 3.05) is 6.61 Å². The van der Waals surface area contributed by atoms with E-state index in [-0.39, 0.29) is 30.5 Å². The number of ether oxygens (including phenoxy) is 1. The molecule has 0 aliphatic heterocycles. The predicted octanol–water partition coefficient (Wildman–Crippen LogP) is 1.51. The lowest BCUT2D eigenvalue weighted by Gasteiger charge is -2.24. The molecule has 1 aliphatic rings. The minimum atomic E-state index is -0.895. The molecular weight excluding hydrogens is 208 g/mol. The monoisotopic (exact) mass is 226 g/mol. The maximum absolute atomic E-state index is 11.7. The highest BCUT2D eigenvalue weighted by atomic mass is 16.5. The van der Waals surface area contributed by atoms with Crippen LogP contribution in [0.25, 0.3) is 0 Å². The van der Waals surface area contributed by atoms with Crippen LogP contribution in [0.5, 0.6) is 0 Å². The van der Waals surface area contributed by atoms with E-state index in [0.717, 1.165) is 19.3 Å². The number of Topliss-reactive ketones (excluding diaryl/α,β-unsaturated/α-hetero) is 2. The van der Waals surface area contributed by atoms with Gasteiger partial charge in [-0.25, -0.2) is 0 Å². The molecule has 0 saturated heterocycles. The van der Waals surface area contributed by atoms with Crippen LogP contribution >= 0.6 is 0 Å². The van der Waals surface area contributed by atoms with Crippen LogP contribution in [-0.4, -0.2) is 24.1 Å². The number of ketones is 2. The molecule has 0 unspecified atom stereocenters. The van der Waals surface area contributed by atoms with Crippen LogP contribution < -0.4 is 0 Å². The van der Waals surface area contributed by atoms with E-state index in [2.05, 4.69) is 0 Å². The van der Waals surface area contributed by atoms with E-state index in [4.69, 9.17) is 4.74 Å². The minimum Gasteiger partial charge on any atom is -0.465 e. The summed E-state index contributed by atoms with van der Waals surface area (Å²) in [5.41, 5.74) is 0. The molecule has 0 heterocycles. The standard InChI is InChI=1S/C12H18O4/c1-3-16-12(15)10(8(2)13)7-11(14)9-5-4-6-9/h9-10H,3-7H2,1-2H3/t10-/m0/s1. The molecule has 4 heteroatoms. The van der Waals surface area contributed by atoms with E-state index in [1.54, 1.807) is 6.92 Å². The molecule has 1 saturated carbocycles. The van der Waals surface area contributed by atoms with Crippen LogP contribution in [0.4, 0.5) is 0 Å². The SMILES string of the molecule is CCOC(=O)[C@@H](CC(=O)C1CCC1)C(C)=O. The molecule has 0 N–H and O–H groups in total. The van der Waals surface area contributed by atoms with Crippen molar-refractivity contribution in [1.29, 1.82) is 0 Å². The zero-order valence-corrected chi connectivity index (χ0v) is 9.82. The average Bonchev–Trinajstić information content (AvgIpc) is 2.11. The number of rotatable bonds is 6. The van der Waals surface area contributed by atoms with Gasteiger partial charge in [-0.05, 0) is 26.7 Å². The van der Waals surface area contributed by atoms with Gasteiger partial charge in [0.2, 0.25) is 0 Å².